The van der Waals surface area contributed by atoms with Crippen molar-refractivity contribution in [2.45, 2.75) is 24.8 Å². The average molecular weight is 276 g/mol. The van der Waals surface area contributed by atoms with Gasteiger partial charge in [0.05, 0.1) is 12.0 Å². The highest BCUT2D eigenvalue weighted by atomic mass is 35.5. The number of anilines is 1. The van der Waals surface area contributed by atoms with Gasteiger partial charge in [-0.15, -0.1) is 11.6 Å². The molecule has 1 aromatic heterocycles. The van der Waals surface area contributed by atoms with E-state index in [4.69, 9.17) is 27.9 Å². The summed E-state index contributed by atoms with van der Waals surface area (Å²) in [4.78, 5) is 10.4. The summed E-state index contributed by atoms with van der Waals surface area (Å²) in [6, 6.07) is 0. The monoisotopic (exact) mass is 275 g/mol. The highest BCUT2D eigenvalue weighted by Crippen LogP contribution is 2.27. The van der Waals surface area contributed by atoms with Gasteiger partial charge in [0.2, 0.25) is 0 Å². The van der Waals surface area contributed by atoms with E-state index in [0.29, 0.717) is 11.0 Å². The molecular weight excluding hydrogens is 261 g/mol. The highest BCUT2D eigenvalue weighted by Gasteiger charge is 2.23. The van der Waals surface area contributed by atoms with Gasteiger partial charge in [0, 0.05) is 25.8 Å². The zero-order valence-electron chi connectivity index (χ0n) is 9.70. The van der Waals surface area contributed by atoms with Crippen LogP contribution in [-0.2, 0) is 10.6 Å². The first-order chi connectivity index (χ1) is 8.26. The van der Waals surface area contributed by atoms with E-state index < -0.39 is 0 Å². The smallest absolute Gasteiger partial charge is 0.138 e. The maximum absolute atomic E-state index is 6.03. The van der Waals surface area contributed by atoms with Crippen molar-refractivity contribution in [3.05, 3.63) is 17.0 Å². The molecule has 4 nitrogen and oxygen atoms in total. The van der Waals surface area contributed by atoms with Gasteiger partial charge in [-0.25, -0.2) is 9.97 Å². The van der Waals surface area contributed by atoms with Gasteiger partial charge in [-0.05, 0) is 12.8 Å². The average Bonchev–Trinajstić information content (AvgIpc) is 2.38. The van der Waals surface area contributed by atoms with E-state index in [0.717, 1.165) is 37.3 Å². The number of ether oxygens (including phenoxy) is 1. The first-order valence-corrected chi connectivity index (χ1v) is 6.50. The van der Waals surface area contributed by atoms with Crippen LogP contribution in [0.5, 0.6) is 0 Å². The van der Waals surface area contributed by atoms with E-state index in [1.165, 1.54) is 6.33 Å². The Kier molecular flexibility index (Phi) is 4.42. The fourth-order valence-corrected chi connectivity index (χ4v) is 2.60. The Morgan fingerprint density at radius 1 is 1.53 bits per heavy atom. The fraction of sp³-hybridized carbons (Fsp3) is 0.636. The van der Waals surface area contributed by atoms with E-state index >= 15 is 0 Å². The van der Waals surface area contributed by atoms with Crippen LogP contribution < -0.4 is 4.90 Å². The first-order valence-electron chi connectivity index (χ1n) is 5.59. The van der Waals surface area contributed by atoms with Crippen LogP contribution >= 0.6 is 23.2 Å². The lowest BCUT2D eigenvalue weighted by Crippen LogP contribution is -2.40. The zero-order valence-corrected chi connectivity index (χ0v) is 11.2. The van der Waals surface area contributed by atoms with E-state index in [1.54, 1.807) is 7.11 Å². The van der Waals surface area contributed by atoms with Crippen molar-refractivity contribution < 1.29 is 4.74 Å². The molecule has 94 valence electrons. The Hall–Kier alpha value is -0.580. The molecule has 0 bridgehead atoms. The molecule has 1 aromatic rings. The molecule has 6 heteroatoms. The lowest BCUT2D eigenvalue weighted by molar-refractivity contribution is 0.0891. The number of aromatic nitrogens is 2. The lowest BCUT2D eigenvalue weighted by Gasteiger charge is -2.33. The largest absolute Gasteiger partial charge is 0.380 e. The molecular formula is C11H15Cl2N3O. The minimum atomic E-state index is 0.251. The fourth-order valence-electron chi connectivity index (χ4n) is 2.09. The van der Waals surface area contributed by atoms with Crippen molar-refractivity contribution in [1.82, 2.24) is 9.97 Å². The van der Waals surface area contributed by atoms with Gasteiger partial charge in [0.1, 0.15) is 17.3 Å². The second kappa shape index (κ2) is 5.85. The van der Waals surface area contributed by atoms with Gasteiger partial charge in [-0.3, -0.25) is 0 Å². The van der Waals surface area contributed by atoms with Gasteiger partial charge in [-0.1, -0.05) is 11.6 Å². The maximum Gasteiger partial charge on any atom is 0.138 e. The number of piperidine rings is 1. The van der Waals surface area contributed by atoms with E-state index in [1.807, 2.05) is 0 Å². The molecule has 0 aromatic carbocycles. The third-order valence-corrected chi connectivity index (χ3v) is 3.61. The Bertz CT molecular complexity index is 389. The van der Waals surface area contributed by atoms with Crippen molar-refractivity contribution in [1.29, 1.82) is 0 Å². The molecule has 2 rings (SSSR count). The molecule has 1 atom stereocenters. The van der Waals surface area contributed by atoms with Crippen molar-refractivity contribution in [3.63, 3.8) is 0 Å². The van der Waals surface area contributed by atoms with Gasteiger partial charge in [0.25, 0.3) is 0 Å². The Balaban J connectivity index is 2.24. The normalized spacial score (nSPS) is 20.6. The number of nitrogens with zero attached hydrogens (tertiary/aromatic N) is 3. The van der Waals surface area contributed by atoms with Crippen LogP contribution in [-0.4, -0.2) is 36.3 Å². The quantitative estimate of drug-likeness (QED) is 0.628. The molecule has 1 unspecified atom stereocenters. The van der Waals surface area contributed by atoms with Crippen LogP contribution in [0.15, 0.2) is 6.33 Å². The first kappa shape index (κ1) is 12.9. The molecule has 0 saturated carbocycles. The van der Waals surface area contributed by atoms with Crippen LogP contribution in [0.2, 0.25) is 5.15 Å². The van der Waals surface area contributed by atoms with Gasteiger partial charge >= 0.3 is 0 Å². The van der Waals surface area contributed by atoms with Crippen LogP contribution in [0.4, 0.5) is 5.82 Å². The number of hydrogen-bond donors (Lipinski definition) is 0. The number of hydrogen-bond acceptors (Lipinski definition) is 4. The molecule has 0 spiro atoms. The summed E-state index contributed by atoms with van der Waals surface area (Å²) in [5, 5.41) is 0.435. The molecule has 1 aliphatic rings. The Morgan fingerprint density at radius 2 is 2.35 bits per heavy atom. The van der Waals surface area contributed by atoms with Crippen molar-refractivity contribution in [2.24, 2.45) is 0 Å². The molecule has 1 fully saturated rings. The van der Waals surface area contributed by atoms with Crippen LogP contribution in [0, 0.1) is 0 Å². The summed E-state index contributed by atoms with van der Waals surface area (Å²) < 4.78 is 5.40. The maximum atomic E-state index is 6.03. The molecule has 0 N–H and O–H groups in total. The molecule has 17 heavy (non-hydrogen) atoms. The molecule has 1 aliphatic heterocycles. The molecule has 0 aliphatic carbocycles. The predicted octanol–water partition coefficient (Wildman–Crippen LogP) is 2.48. The Morgan fingerprint density at radius 3 is 3.06 bits per heavy atom. The summed E-state index contributed by atoms with van der Waals surface area (Å²) in [6.07, 6.45) is 3.90. The van der Waals surface area contributed by atoms with E-state index in [9.17, 15) is 0 Å². The predicted molar refractivity (Wildman–Crippen MR) is 68.8 cm³/mol. The second-order valence-corrected chi connectivity index (χ2v) is 4.67. The minimum Gasteiger partial charge on any atom is -0.380 e. The summed E-state index contributed by atoms with van der Waals surface area (Å²) in [5.41, 5.74) is 0.799. The summed E-state index contributed by atoms with van der Waals surface area (Å²) in [5.74, 6) is 1.16. The number of rotatable bonds is 3. The highest BCUT2D eigenvalue weighted by molar-refractivity contribution is 6.31. The SMILES string of the molecule is COC1CCCN(c2ncnc(Cl)c2CCl)C1. The van der Waals surface area contributed by atoms with Crippen molar-refractivity contribution in [2.75, 3.05) is 25.1 Å². The second-order valence-electron chi connectivity index (χ2n) is 4.05. The standard InChI is InChI=1S/C11H15Cl2N3O/c1-17-8-3-2-4-16(6-8)11-9(5-12)10(13)14-7-15-11/h7-8H,2-6H2,1H3. The zero-order chi connectivity index (χ0) is 12.3. The number of alkyl halides is 1. The number of halogens is 2. The summed E-state index contributed by atoms with van der Waals surface area (Å²) in [7, 11) is 1.74. The van der Waals surface area contributed by atoms with E-state index in [2.05, 4.69) is 14.9 Å². The molecule has 0 radical (unpaired) electrons. The van der Waals surface area contributed by atoms with E-state index in [-0.39, 0.29) is 6.10 Å². The van der Waals surface area contributed by atoms with Gasteiger partial charge in [-0.2, -0.15) is 0 Å². The number of methoxy groups -OCH3 is 1. The summed E-state index contributed by atoms with van der Waals surface area (Å²) in [6.45, 7) is 1.78. The third kappa shape index (κ3) is 2.81. The lowest BCUT2D eigenvalue weighted by atomic mass is 10.1. The summed E-state index contributed by atoms with van der Waals surface area (Å²) >= 11 is 11.9. The molecule has 1 saturated heterocycles. The van der Waals surface area contributed by atoms with Crippen LogP contribution in [0.25, 0.3) is 0 Å². The van der Waals surface area contributed by atoms with Gasteiger partial charge < -0.3 is 9.64 Å². The van der Waals surface area contributed by atoms with Crippen molar-refractivity contribution >= 4 is 29.0 Å². The Labute approximate surface area is 111 Å². The third-order valence-electron chi connectivity index (χ3n) is 3.01. The van der Waals surface area contributed by atoms with Gasteiger partial charge in [0.15, 0.2) is 0 Å². The minimum absolute atomic E-state index is 0.251. The topological polar surface area (TPSA) is 38.2 Å². The van der Waals surface area contributed by atoms with Crippen LogP contribution in [0.1, 0.15) is 18.4 Å². The van der Waals surface area contributed by atoms with Crippen LogP contribution in [0.3, 0.4) is 0 Å². The molecule has 0 amide bonds. The molecule has 2 heterocycles. The van der Waals surface area contributed by atoms with Crippen molar-refractivity contribution in [3.8, 4) is 0 Å².